The molecule has 0 fully saturated rings. The predicted octanol–water partition coefficient (Wildman–Crippen LogP) is 2.52. The third-order valence-corrected chi connectivity index (χ3v) is 2.18. The van der Waals surface area contributed by atoms with Gasteiger partial charge in [-0.25, -0.2) is 0 Å². The van der Waals surface area contributed by atoms with Crippen LogP contribution >= 0.6 is 0 Å². The van der Waals surface area contributed by atoms with Gasteiger partial charge in [0, 0.05) is 6.42 Å². The normalized spacial score (nSPS) is 10.4. The highest BCUT2D eigenvalue weighted by molar-refractivity contribution is 5.27. The largest absolute Gasteiger partial charge is 0.484 e. The number of benzene rings is 1. The van der Waals surface area contributed by atoms with Crippen LogP contribution in [0.5, 0.6) is 5.75 Å². The molecule has 0 aliphatic rings. The van der Waals surface area contributed by atoms with Gasteiger partial charge in [-0.1, -0.05) is 24.2 Å². The molecule has 1 heterocycles. The van der Waals surface area contributed by atoms with E-state index >= 15 is 0 Å². The summed E-state index contributed by atoms with van der Waals surface area (Å²) >= 11 is 0. The Kier molecular flexibility index (Phi) is 3.19. The van der Waals surface area contributed by atoms with E-state index in [0.29, 0.717) is 18.3 Å². The summed E-state index contributed by atoms with van der Waals surface area (Å²) in [5, 5.41) is 3.80. The van der Waals surface area contributed by atoms with Crippen molar-refractivity contribution < 1.29 is 9.26 Å². The molecule has 0 bridgehead atoms. The monoisotopic (exact) mass is 218 g/mol. The van der Waals surface area contributed by atoms with Crippen molar-refractivity contribution in [2.75, 3.05) is 0 Å². The van der Waals surface area contributed by atoms with Gasteiger partial charge in [0.25, 0.3) is 5.89 Å². The van der Waals surface area contributed by atoms with Gasteiger partial charge in [0.2, 0.25) is 0 Å². The molecule has 16 heavy (non-hydrogen) atoms. The standard InChI is InChI=1S/C12H14N2O2/c1-3-11-13-12(16-14-11)8-15-10-6-4-5-9(2)7-10/h4-7H,3,8H2,1-2H3. The van der Waals surface area contributed by atoms with Crippen molar-refractivity contribution in [2.24, 2.45) is 0 Å². The topological polar surface area (TPSA) is 48.2 Å². The zero-order valence-electron chi connectivity index (χ0n) is 9.43. The molecule has 0 unspecified atom stereocenters. The number of rotatable bonds is 4. The second-order valence-electron chi connectivity index (χ2n) is 3.56. The minimum Gasteiger partial charge on any atom is -0.484 e. The van der Waals surface area contributed by atoms with Gasteiger partial charge < -0.3 is 9.26 Å². The zero-order valence-corrected chi connectivity index (χ0v) is 9.43. The Balaban J connectivity index is 1.96. The highest BCUT2D eigenvalue weighted by atomic mass is 16.5. The number of ether oxygens (including phenoxy) is 1. The SMILES string of the molecule is CCc1noc(COc2cccc(C)c2)n1. The lowest BCUT2D eigenvalue weighted by Crippen LogP contribution is -1.96. The summed E-state index contributed by atoms with van der Waals surface area (Å²) in [7, 11) is 0. The molecular weight excluding hydrogens is 204 g/mol. The van der Waals surface area contributed by atoms with E-state index in [2.05, 4.69) is 10.1 Å². The maximum Gasteiger partial charge on any atom is 0.264 e. The summed E-state index contributed by atoms with van der Waals surface area (Å²) in [5.41, 5.74) is 1.16. The number of aromatic nitrogens is 2. The Morgan fingerprint density at radius 3 is 2.94 bits per heavy atom. The lowest BCUT2D eigenvalue weighted by molar-refractivity contribution is 0.242. The highest BCUT2D eigenvalue weighted by Gasteiger charge is 2.04. The van der Waals surface area contributed by atoms with E-state index in [1.807, 2.05) is 38.1 Å². The molecular formula is C12H14N2O2. The fourth-order valence-corrected chi connectivity index (χ4v) is 1.34. The van der Waals surface area contributed by atoms with E-state index in [9.17, 15) is 0 Å². The van der Waals surface area contributed by atoms with E-state index < -0.39 is 0 Å². The lowest BCUT2D eigenvalue weighted by atomic mass is 10.2. The molecule has 0 saturated carbocycles. The van der Waals surface area contributed by atoms with Crippen molar-refractivity contribution in [3.05, 3.63) is 41.5 Å². The van der Waals surface area contributed by atoms with Gasteiger partial charge in [-0.15, -0.1) is 0 Å². The second kappa shape index (κ2) is 4.79. The smallest absolute Gasteiger partial charge is 0.264 e. The molecule has 2 rings (SSSR count). The molecule has 0 N–H and O–H groups in total. The third kappa shape index (κ3) is 2.59. The van der Waals surface area contributed by atoms with Crippen LogP contribution < -0.4 is 4.74 Å². The maximum atomic E-state index is 5.53. The molecule has 0 atom stereocenters. The van der Waals surface area contributed by atoms with Crippen molar-refractivity contribution in [3.63, 3.8) is 0 Å². The highest BCUT2D eigenvalue weighted by Crippen LogP contribution is 2.13. The molecule has 0 aliphatic carbocycles. The van der Waals surface area contributed by atoms with Crippen LogP contribution in [-0.2, 0) is 13.0 Å². The first kappa shape index (κ1) is 10.7. The minimum absolute atomic E-state index is 0.316. The van der Waals surface area contributed by atoms with E-state index in [1.54, 1.807) is 0 Å². The molecule has 1 aromatic carbocycles. The Morgan fingerprint density at radius 1 is 1.38 bits per heavy atom. The first-order chi connectivity index (χ1) is 7.78. The van der Waals surface area contributed by atoms with Crippen LogP contribution in [-0.4, -0.2) is 10.1 Å². The molecule has 1 aromatic heterocycles. The Bertz CT molecular complexity index is 466. The van der Waals surface area contributed by atoms with Crippen molar-refractivity contribution in [1.82, 2.24) is 10.1 Å². The van der Waals surface area contributed by atoms with Crippen LogP contribution in [0, 0.1) is 6.92 Å². The van der Waals surface area contributed by atoms with Crippen LogP contribution in [0.15, 0.2) is 28.8 Å². The molecule has 0 amide bonds. The molecule has 4 heteroatoms. The first-order valence-electron chi connectivity index (χ1n) is 5.29. The summed E-state index contributed by atoms with van der Waals surface area (Å²) < 4.78 is 10.6. The molecule has 0 saturated heterocycles. The van der Waals surface area contributed by atoms with E-state index in [1.165, 1.54) is 0 Å². The third-order valence-electron chi connectivity index (χ3n) is 2.18. The molecule has 0 aliphatic heterocycles. The van der Waals surface area contributed by atoms with Gasteiger partial charge in [-0.3, -0.25) is 0 Å². The van der Waals surface area contributed by atoms with Crippen molar-refractivity contribution >= 4 is 0 Å². The van der Waals surface area contributed by atoms with Crippen LogP contribution in [0.4, 0.5) is 0 Å². The van der Waals surface area contributed by atoms with Gasteiger partial charge >= 0.3 is 0 Å². The molecule has 0 radical (unpaired) electrons. The zero-order chi connectivity index (χ0) is 11.4. The van der Waals surface area contributed by atoms with Crippen molar-refractivity contribution in [1.29, 1.82) is 0 Å². The molecule has 0 spiro atoms. The quantitative estimate of drug-likeness (QED) is 0.791. The van der Waals surface area contributed by atoms with Crippen LogP contribution in [0.1, 0.15) is 24.2 Å². The molecule has 4 nitrogen and oxygen atoms in total. The van der Waals surface area contributed by atoms with Gasteiger partial charge in [0.1, 0.15) is 5.75 Å². The Morgan fingerprint density at radius 2 is 2.25 bits per heavy atom. The number of nitrogens with zero attached hydrogens (tertiary/aromatic N) is 2. The molecule has 2 aromatic rings. The summed E-state index contributed by atoms with van der Waals surface area (Å²) in [6.45, 7) is 4.32. The van der Waals surface area contributed by atoms with E-state index in [-0.39, 0.29) is 0 Å². The number of hydrogen-bond donors (Lipinski definition) is 0. The second-order valence-corrected chi connectivity index (χ2v) is 3.56. The summed E-state index contributed by atoms with van der Waals surface area (Å²) in [6.07, 6.45) is 0.772. The number of hydrogen-bond acceptors (Lipinski definition) is 4. The number of aryl methyl sites for hydroxylation is 2. The van der Waals surface area contributed by atoms with Crippen LogP contribution in [0.25, 0.3) is 0 Å². The summed E-state index contributed by atoms with van der Waals surface area (Å²) in [4.78, 5) is 4.16. The van der Waals surface area contributed by atoms with Gasteiger partial charge in [0.05, 0.1) is 0 Å². The van der Waals surface area contributed by atoms with Gasteiger partial charge in [0.15, 0.2) is 12.4 Å². The van der Waals surface area contributed by atoms with Crippen LogP contribution in [0.2, 0.25) is 0 Å². The lowest BCUT2D eigenvalue weighted by Gasteiger charge is -2.03. The van der Waals surface area contributed by atoms with E-state index in [4.69, 9.17) is 9.26 Å². The van der Waals surface area contributed by atoms with Crippen molar-refractivity contribution in [3.8, 4) is 5.75 Å². The first-order valence-corrected chi connectivity index (χ1v) is 5.29. The summed E-state index contributed by atoms with van der Waals surface area (Å²) in [5.74, 6) is 2.04. The fourth-order valence-electron chi connectivity index (χ4n) is 1.34. The van der Waals surface area contributed by atoms with Gasteiger partial charge in [-0.05, 0) is 24.6 Å². The van der Waals surface area contributed by atoms with Gasteiger partial charge in [-0.2, -0.15) is 4.98 Å². The Hall–Kier alpha value is -1.84. The molecule has 84 valence electrons. The average Bonchev–Trinajstić information content (AvgIpc) is 2.74. The fraction of sp³-hybridized carbons (Fsp3) is 0.333. The predicted molar refractivity (Wildman–Crippen MR) is 59.2 cm³/mol. The van der Waals surface area contributed by atoms with Crippen molar-refractivity contribution in [2.45, 2.75) is 26.9 Å². The Labute approximate surface area is 94.2 Å². The van der Waals surface area contributed by atoms with E-state index in [0.717, 1.165) is 17.7 Å². The van der Waals surface area contributed by atoms with Crippen LogP contribution in [0.3, 0.4) is 0 Å². The minimum atomic E-state index is 0.316. The summed E-state index contributed by atoms with van der Waals surface area (Å²) in [6, 6.07) is 7.85. The maximum absolute atomic E-state index is 5.53. The average molecular weight is 218 g/mol.